The molecule has 0 aromatic heterocycles. The Morgan fingerprint density at radius 3 is 2.13 bits per heavy atom. The molecule has 0 unspecified atom stereocenters. The van der Waals surface area contributed by atoms with Crippen LogP contribution < -0.4 is 14.2 Å². The van der Waals surface area contributed by atoms with Crippen molar-refractivity contribution in [2.24, 2.45) is 0 Å². The van der Waals surface area contributed by atoms with Crippen LogP contribution in [0.15, 0.2) is 30.4 Å². The largest absolute Gasteiger partial charge is 0.493 e. The number of para-hydroxylation sites is 1. The van der Waals surface area contributed by atoms with Crippen LogP contribution in [-0.4, -0.2) is 20.8 Å². The van der Waals surface area contributed by atoms with E-state index in [1.807, 2.05) is 25.1 Å². The Kier molecular flexibility index (Phi) is 4.03. The fourth-order valence-electron chi connectivity index (χ4n) is 1.15. The van der Waals surface area contributed by atoms with Gasteiger partial charge in [0.1, 0.15) is 6.61 Å². The summed E-state index contributed by atoms with van der Waals surface area (Å²) in [5.41, 5.74) is 0.947. The molecular formula is C12H16O3. The van der Waals surface area contributed by atoms with E-state index in [9.17, 15) is 0 Å². The molecule has 0 saturated carbocycles. The number of rotatable bonds is 5. The first-order valence-corrected chi connectivity index (χ1v) is 4.67. The molecule has 1 aromatic rings. The third kappa shape index (κ3) is 2.91. The zero-order chi connectivity index (χ0) is 11.3. The molecule has 15 heavy (non-hydrogen) atoms. The van der Waals surface area contributed by atoms with Crippen LogP contribution in [0.2, 0.25) is 0 Å². The van der Waals surface area contributed by atoms with Gasteiger partial charge in [-0.15, -0.1) is 0 Å². The minimum absolute atomic E-state index is 0.455. The molecule has 3 heteroatoms. The zero-order valence-corrected chi connectivity index (χ0v) is 9.37. The molecule has 0 radical (unpaired) electrons. The minimum atomic E-state index is 0.455. The van der Waals surface area contributed by atoms with Crippen molar-refractivity contribution in [3.05, 3.63) is 30.4 Å². The van der Waals surface area contributed by atoms with E-state index >= 15 is 0 Å². The second kappa shape index (κ2) is 5.29. The van der Waals surface area contributed by atoms with Crippen molar-refractivity contribution < 1.29 is 14.2 Å². The average molecular weight is 208 g/mol. The van der Waals surface area contributed by atoms with Crippen LogP contribution in [0.3, 0.4) is 0 Å². The first kappa shape index (κ1) is 11.4. The molecule has 0 atom stereocenters. The van der Waals surface area contributed by atoms with Crippen LogP contribution in [0.5, 0.6) is 17.2 Å². The fraction of sp³-hybridized carbons (Fsp3) is 0.333. The molecule has 0 bridgehead atoms. The molecule has 0 N–H and O–H groups in total. The van der Waals surface area contributed by atoms with Gasteiger partial charge in [-0.3, -0.25) is 0 Å². The Bertz CT molecular complexity index is 322. The Hall–Kier alpha value is -1.64. The molecule has 1 aromatic carbocycles. The van der Waals surface area contributed by atoms with Crippen molar-refractivity contribution >= 4 is 0 Å². The second-order valence-corrected chi connectivity index (χ2v) is 3.24. The smallest absolute Gasteiger partial charge is 0.203 e. The highest BCUT2D eigenvalue weighted by Gasteiger charge is 2.10. The van der Waals surface area contributed by atoms with E-state index in [1.165, 1.54) is 0 Å². The maximum absolute atomic E-state index is 5.56. The molecule has 0 spiro atoms. The van der Waals surface area contributed by atoms with Crippen LogP contribution in [0.25, 0.3) is 0 Å². The standard InChI is InChI=1S/C12H16O3/c1-9(2)8-15-12-10(13-3)6-5-7-11(12)14-4/h5-7H,1,8H2,2-4H3. The summed E-state index contributed by atoms with van der Waals surface area (Å²) in [6.45, 7) is 6.13. The lowest BCUT2D eigenvalue weighted by Crippen LogP contribution is -2.01. The highest BCUT2D eigenvalue weighted by molar-refractivity contribution is 5.51. The summed E-state index contributed by atoms with van der Waals surface area (Å²) < 4.78 is 15.9. The molecule has 82 valence electrons. The highest BCUT2D eigenvalue weighted by Crippen LogP contribution is 2.36. The maximum atomic E-state index is 5.56. The Labute approximate surface area is 90.3 Å². The Morgan fingerprint density at radius 2 is 1.73 bits per heavy atom. The van der Waals surface area contributed by atoms with E-state index in [2.05, 4.69) is 6.58 Å². The van der Waals surface area contributed by atoms with Crippen LogP contribution >= 0.6 is 0 Å². The normalized spacial score (nSPS) is 9.53. The van der Waals surface area contributed by atoms with Gasteiger partial charge in [-0.05, 0) is 24.6 Å². The van der Waals surface area contributed by atoms with Gasteiger partial charge in [-0.1, -0.05) is 12.6 Å². The van der Waals surface area contributed by atoms with E-state index in [0.29, 0.717) is 23.9 Å². The quantitative estimate of drug-likeness (QED) is 0.696. The molecule has 0 saturated heterocycles. The van der Waals surface area contributed by atoms with E-state index in [4.69, 9.17) is 14.2 Å². The van der Waals surface area contributed by atoms with Crippen molar-refractivity contribution in [3.8, 4) is 17.2 Å². The number of methoxy groups -OCH3 is 2. The predicted octanol–water partition coefficient (Wildman–Crippen LogP) is 2.66. The van der Waals surface area contributed by atoms with Gasteiger partial charge in [0.2, 0.25) is 5.75 Å². The molecule has 3 nitrogen and oxygen atoms in total. The zero-order valence-electron chi connectivity index (χ0n) is 9.37. The van der Waals surface area contributed by atoms with Gasteiger partial charge in [0.05, 0.1) is 14.2 Å². The van der Waals surface area contributed by atoms with Gasteiger partial charge in [-0.2, -0.15) is 0 Å². The van der Waals surface area contributed by atoms with Crippen LogP contribution in [-0.2, 0) is 0 Å². The first-order valence-electron chi connectivity index (χ1n) is 4.67. The summed E-state index contributed by atoms with van der Waals surface area (Å²) in [4.78, 5) is 0. The molecule has 0 aliphatic carbocycles. The SMILES string of the molecule is C=C(C)COc1c(OC)cccc1OC. The van der Waals surface area contributed by atoms with Crippen molar-refractivity contribution in [2.75, 3.05) is 20.8 Å². The molecular weight excluding hydrogens is 192 g/mol. The molecule has 0 aliphatic rings. The molecule has 0 aliphatic heterocycles. The summed E-state index contributed by atoms with van der Waals surface area (Å²) in [6.07, 6.45) is 0. The van der Waals surface area contributed by atoms with Gasteiger partial charge >= 0.3 is 0 Å². The molecule has 0 fully saturated rings. The summed E-state index contributed by atoms with van der Waals surface area (Å²) in [6, 6.07) is 5.51. The lowest BCUT2D eigenvalue weighted by Gasteiger charge is -2.13. The monoisotopic (exact) mass is 208 g/mol. The average Bonchev–Trinajstić information content (AvgIpc) is 2.25. The third-order valence-corrected chi connectivity index (χ3v) is 1.85. The Morgan fingerprint density at radius 1 is 1.20 bits per heavy atom. The topological polar surface area (TPSA) is 27.7 Å². The van der Waals surface area contributed by atoms with Crippen LogP contribution in [0, 0.1) is 0 Å². The maximum Gasteiger partial charge on any atom is 0.203 e. The number of benzene rings is 1. The van der Waals surface area contributed by atoms with E-state index in [-0.39, 0.29) is 0 Å². The van der Waals surface area contributed by atoms with Crippen LogP contribution in [0.4, 0.5) is 0 Å². The fourth-order valence-corrected chi connectivity index (χ4v) is 1.15. The molecule has 0 heterocycles. The summed E-state index contributed by atoms with van der Waals surface area (Å²) in [5, 5.41) is 0. The van der Waals surface area contributed by atoms with Gasteiger partial charge in [0, 0.05) is 0 Å². The van der Waals surface area contributed by atoms with Crippen molar-refractivity contribution in [3.63, 3.8) is 0 Å². The van der Waals surface area contributed by atoms with E-state index in [0.717, 1.165) is 5.57 Å². The number of ether oxygens (including phenoxy) is 3. The van der Waals surface area contributed by atoms with Gasteiger partial charge < -0.3 is 14.2 Å². The van der Waals surface area contributed by atoms with Crippen molar-refractivity contribution in [1.82, 2.24) is 0 Å². The third-order valence-electron chi connectivity index (χ3n) is 1.85. The van der Waals surface area contributed by atoms with Gasteiger partial charge in [0.25, 0.3) is 0 Å². The first-order chi connectivity index (χ1) is 7.19. The van der Waals surface area contributed by atoms with Crippen molar-refractivity contribution in [1.29, 1.82) is 0 Å². The van der Waals surface area contributed by atoms with E-state index in [1.54, 1.807) is 14.2 Å². The minimum Gasteiger partial charge on any atom is -0.493 e. The second-order valence-electron chi connectivity index (χ2n) is 3.24. The molecule has 0 amide bonds. The van der Waals surface area contributed by atoms with Gasteiger partial charge in [0.15, 0.2) is 11.5 Å². The summed E-state index contributed by atoms with van der Waals surface area (Å²) in [7, 11) is 3.20. The van der Waals surface area contributed by atoms with Gasteiger partial charge in [-0.25, -0.2) is 0 Å². The lowest BCUT2D eigenvalue weighted by atomic mass is 10.3. The van der Waals surface area contributed by atoms with E-state index < -0.39 is 0 Å². The van der Waals surface area contributed by atoms with Crippen LogP contribution in [0.1, 0.15) is 6.92 Å². The molecule has 1 rings (SSSR count). The number of hydrogen-bond acceptors (Lipinski definition) is 3. The lowest BCUT2D eigenvalue weighted by molar-refractivity contribution is 0.295. The predicted molar refractivity (Wildman–Crippen MR) is 59.9 cm³/mol. The highest BCUT2D eigenvalue weighted by atomic mass is 16.5. The summed E-state index contributed by atoms with van der Waals surface area (Å²) in [5.74, 6) is 1.94. The number of hydrogen-bond donors (Lipinski definition) is 0. The Balaban J connectivity index is 2.94. The summed E-state index contributed by atoms with van der Waals surface area (Å²) >= 11 is 0. The van der Waals surface area contributed by atoms with Crippen molar-refractivity contribution in [2.45, 2.75) is 6.92 Å².